The zero-order valence-corrected chi connectivity index (χ0v) is 15.8. The van der Waals surface area contributed by atoms with E-state index in [0.29, 0.717) is 25.3 Å². The minimum Gasteiger partial charge on any atom is -0.361 e. The van der Waals surface area contributed by atoms with Gasteiger partial charge in [0.05, 0.1) is 11.9 Å². The third kappa shape index (κ3) is 3.73. The number of nitrogens with zero attached hydrogens (tertiary/aromatic N) is 2. The second-order valence-corrected chi connectivity index (χ2v) is 8.99. The molecule has 0 radical (unpaired) electrons. The number of sulfonamides is 1. The van der Waals surface area contributed by atoms with Gasteiger partial charge in [0.25, 0.3) is 0 Å². The molecule has 1 aromatic heterocycles. The van der Waals surface area contributed by atoms with Crippen LogP contribution in [0.1, 0.15) is 42.7 Å². The Bertz CT molecular complexity index is 741. The first kappa shape index (κ1) is 18.3. The summed E-state index contributed by atoms with van der Waals surface area (Å²) in [5, 5.41) is 6.93. The molecule has 0 aromatic carbocycles. The van der Waals surface area contributed by atoms with E-state index in [9.17, 15) is 13.2 Å². The lowest BCUT2D eigenvalue weighted by Gasteiger charge is -2.40. The highest BCUT2D eigenvalue weighted by Gasteiger charge is 2.52. The summed E-state index contributed by atoms with van der Waals surface area (Å²) in [6.07, 6.45) is 4.43. The van der Waals surface area contributed by atoms with E-state index in [-0.39, 0.29) is 11.9 Å². The number of fused-ring (bicyclic) bond motifs is 1. The number of carbonyl (C=O) groups is 1. The molecule has 0 unspecified atom stereocenters. The van der Waals surface area contributed by atoms with Crippen LogP contribution in [0.2, 0.25) is 0 Å². The molecule has 2 saturated heterocycles. The van der Waals surface area contributed by atoms with Crippen molar-refractivity contribution in [1.29, 1.82) is 0 Å². The van der Waals surface area contributed by atoms with Gasteiger partial charge < -0.3 is 9.84 Å². The van der Waals surface area contributed by atoms with E-state index >= 15 is 0 Å². The Hall–Kier alpha value is -1.45. The molecule has 1 aromatic rings. The zero-order valence-electron chi connectivity index (χ0n) is 15.0. The molecule has 3 heterocycles. The van der Waals surface area contributed by atoms with Crippen LogP contribution in [0.15, 0.2) is 4.52 Å². The van der Waals surface area contributed by atoms with E-state index in [1.54, 1.807) is 0 Å². The minimum absolute atomic E-state index is 0.0370. The van der Waals surface area contributed by atoms with E-state index in [0.717, 1.165) is 43.3 Å². The summed E-state index contributed by atoms with van der Waals surface area (Å²) < 4.78 is 31.0. The lowest BCUT2D eigenvalue weighted by molar-refractivity contribution is -0.134. The average Bonchev–Trinajstić information content (AvgIpc) is 3.04. The molecular formula is C16H26N4O4S. The number of piperidine rings is 1. The summed E-state index contributed by atoms with van der Waals surface area (Å²) in [6.45, 7) is 5.45. The van der Waals surface area contributed by atoms with Gasteiger partial charge in [-0.05, 0) is 46.1 Å². The quantitative estimate of drug-likeness (QED) is 0.780. The van der Waals surface area contributed by atoms with Crippen LogP contribution in [0.25, 0.3) is 0 Å². The molecule has 0 bridgehead atoms. The first-order valence-corrected chi connectivity index (χ1v) is 10.5. The van der Waals surface area contributed by atoms with Gasteiger partial charge in [-0.2, -0.15) is 0 Å². The number of hydrogen-bond donors (Lipinski definition) is 2. The maximum Gasteiger partial charge on any atom is 0.240 e. The summed E-state index contributed by atoms with van der Waals surface area (Å²) in [6, 6.07) is -0.224. The van der Waals surface area contributed by atoms with Gasteiger partial charge in [0.2, 0.25) is 15.9 Å². The number of aromatic nitrogens is 1. The first-order chi connectivity index (χ1) is 11.7. The van der Waals surface area contributed by atoms with E-state index in [1.165, 1.54) is 0 Å². The second-order valence-electron chi connectivity index (χ2n) is 7.21. The van der Waals surface area contributed by atoms with Crippen LogP contribution in [0.5, 0.6) is 0 Å². The van der Waals surface area contributed by atoms with Gasteiger partial charge in [-0.3, -0.25) is 9.69 Å². The Morgan fingerprint density at radius 2 is 2.16 bits per heavy atom. The molecule has 140 valence electrons. The van der Waals surface area contributed by atoms with Crippen molar-refractivity contribution in [2.24, 2.45) is 0 Å². The molecule has 0 aliphatic carbocycles. The van der Waals surface area contributed by atoms with Crippen molar-refractivity contribution in [1.82, 2.24) is 20.1 Å². The first-order valence-electron chi connectivity index (χ1n) is 8.64. The molecule has 2 aliphatic rings. The molecule has 25 heavy (non-hydrogen) atoms. The summed E-state index contributed by atoms with van der Waals surface area (Å²) in [5.41, 5.74) is 1.05. The normalized spacial score (nSPS) is 27.2. The highest BCUT2D eigenvalue weighted by Crippen LogP contribution is 2.38. The van der Waals surface area contributed by atoms with Gasteiger partial charge in [0.1, 0.15) is 11.3 Å². The Balaban J connectivity index is 1.74. The molecule has 0 saturated carbocycles. The maximum absolute atomic E-state index is 13.0. The zero-order chi connectivity index (χ0) is 18.2. The lowest BCUT2D eigenvalue weighted by atomic mass is 9.85. The van der Waals surface area contributed by atoms with Crippen LogP contribution in [0, 0.1) is 13.8 Å². The van der Waals surface area contributed by atoms with Crippen molar-refractivity contribution in [3.63, 3.8) is 0 Å². The van der Waals surface area contributed by atoms with Crippen molar-refractivity contribution in [2.75, 3.05) is 19.3 Å². The highest BCUT2D eigenvalue weighted by molar-refractivity contribution is 7.88. The fourth-order valence-electron chi connectivity index (χ4n) is 4.15. The number of rotatable bonds is 5. The number of nitrogens with one attached hydrogen (secondary N) is 2. The van der Waals surface area contributed by atoms with Gasteiger partial charge in [-0.25, -0.2) is 13.1 Å². The van der Waals surface area contributed by atoms with E-state index in [2.05, 4.69) is 20.1 Å². The smallest absolute Gasteiger partial charge is 0.240 e. The molecule has 9 heteroatoms. The fraction of sp³-hybridized carbons (Fsp3) is 0.750. The Kier molecular flexibility index (Phi) is 4.91. The Morgan fingerprint density at radius 3 is 2.80 bits per heavy atom. The largest absolute Gasteiger partial charge is 0.361 e. The monoisotopic (exact) mass is 370 g/mol. The molecular weight excluding hydrogens is 344 g/mol. The number of hydrogen-bond acceptors (Lipinski definition) is 6. The van der Waals surface area contributed by atoms with Crippen molar-refractivity contribution in [3.8, 4) is 0 Å². The number of aryl methyl sites for hydroxylation is 2. The average molecular weight is 370 g/mol. The van der Waals surface area contributed by atoms with Crippen LogP contribution >= 0.6 is 0 Å². The number of carbonyl (C=O) groups excluding carboxylic acids is 1. The highest BCUT2D eigenvalue weighted by atomic mass is 32.2. The molecule has 8 nitrogen and oxygen atoms in total. The van der Waals surface area contributed by atoms with Crippen LogP contribution in [0.4, 0.5) is 0 Å². The van der Waals surface area contributed by atoms with Crippen LogP contribution in [-0.4, -0.2) is 55.3 Å². The molecule has 2 aliphatic heterocycles. The van der Waals surface area contributed by atoms with Gasteiger partial charge >= 0.3 is 0 Å². The molecule has 3 rings (SSSR count). The van der Waals surface area contributed by atoms with Crippen molar-refractivity contribution >= 4 is 15.9 Å². The Morgan fingerprint density at radius 1 is 1.40 bits per heavy atom. The topological polar surface area (TPSA) is 105 Å². The number of amides is 1. The fourth-order valence-corrected chi connectivity index (χ4v) is 4.91. The standard InChI is InChI=1S/C16H26N4O4S/c1-11-14(12(2)24-18-11)9-17-15(21)16-6-4-5-7-20(16)10-13(8-16)19-25(3,22)23/h13,19H,4-10H2,1-3H3,(H,17,21)/t13-,16+/m0/s1. The van der Waals surface area contributed by atoms with Crippen molar-refractivity contribution in [2.45, 2.75) is 57.7 Å². The summed E-state index contributed by atoms with van der Waals surface area (Å²) in [5.74, 6) is 0.670. The lowest BCUT2D eigenvalue weighted by Crippen LogP contribution is -2.57. The van der Waals surface area contributed by atoms with E-state index in [1.807, 2.05) is 13.8 Å². The van der Waals surface area contributed by atoms with E-state index < -0.39 is 15.6 Å². The molecule has 1 amide bonds. The van der Waals surface area contributed by atoms with E-state index in [4.69, 9.17) is 4.52 Å². The van der Waals surface area contributed by atoms with Crippen molar-refractivity contribution in [3.05, 3.63) is 17.0 Å². The predicted octanol–water partition coefficient (Wildman–Crippen LogP) is 0.454. The van der Waals surface area contributed by atoms with Crippen molar-refractivity contribution < 1.29 is 17.7 Å². The summed E-state index contributed by atoms with van der Waals surface area (Å²) in [7, 11) is -3.29. The molecule has 2 N–H and O–H groups in total. The van der Waals surface area contributed by atoms with Gasteiger partial charge in [-0.15, -0.1) is 0 Å². The van der Waals surface area contributed by atoms with Crippen LogP contribution < -0.4 is 10.0 Å². The maximum atomic E-state index is 13.0. The molecule has 2 fully saturated rings. The molecule has 2 atom stereocenters. The second kappa shape index (κ2) is 6.69. The SMILES string of the molecule is Cc1noc(C)c1CNC(=O)[C@]12CCCCN1C[C@@H](NS(C)(=O)=O)C2. The van der Waals surface area contributed by atoms with Gasteiger partial charge in [0.15, 0.2) is 0 Å². The third-order valence-electron chi connectivity index (χ3n) is 5.31. The summed E-state index contributed by atoms with van der Waals surface area (Å²) in [4.78, 5) is 15.2. The third-order valence-corrected chi connectivity index (χ3v) is 6.07. The molecule has 0 spiro atoms. The summed E-state index contributed by atoms with van der Waals surface area (Å²) >= 11 is 0. The van der Waals surface area contributed by atoms with Crippen LogP contribution in [0.3, 0.4) is 0 Å². The van der Waals surface area contributed by atoms with Gasteiger partial charge in [0, 0.05) is 24.7 Å². The minimum atomic E-state index is -3.29. The van der Waals surface area contributed by atoms with Gasteiger partial charge in [-0.1, -0.05) is 5.16 Å². The predicted molar refractivity (Wildman–Crippen MR) is 92.4 cm³/mol. The van der Waals surface area contributed by atoms with Crippen LogP contribution in [-0.2, 0) is 21.4 Å². The Labute approximate surface area is 148 Å².